The minimum absolute atomic E-state index is 0.00514. The van der Waals surface area contributed by atoms with Gasteiger partial charge in [-0.3, -0.25) is 0 Å². The number of piperidine rings is 1. The molecule has 0 atom stereocenters. The Morgan fingerprint density at radius 2 is 1.74 bits per heavy atom. The molecule has 1 aliphatic rings. The molecule has 42 heavy (non-hydrogen) atoms. The maximum atomic E-state index is 12.9. The molecule has 0 amide bonds. The number of nitrogens with one attached hydrogen (secondary N) is 1. The lowest BCUT2D eigenvalue weighted by Crippen LogP contribution is -2.42. The number of methoxy groups -OCH3 is 1. The first-order chi connectivity index (χ1) is 19.9. The average Bonchev–Trinajstić information content (AvgIpc) is 3.27. The van der Waals surface area contributed by atoms with Gasteiger partial charge < -0.3 is 19.5 Å². The predicted octanol–water partition coefficient (Wildman–Crippen LogP) is 5.64. The average molecular weight is 615 g/mol. The van der Waals surface area contributed by atoms with Gasteiger partial charge >= 0.3 is 11.9 Å². The molecule has 9 nitrogen and oxygen atoms in total. The third-order valence-electron chi connectivity index (χ3n) is 6.75. The summed E-state index contributed by atoms with van der Waals surface area (Å²) in [6.45, 7) is 7.74. The fraction of sp³-hybridized carbons (Fsp3) is 0.419. The number of thiophene rings is 1. The van der Waals surface area contributed by atoms with E-state index in [1.807, 2.05) is 61.5 Å². The molecule has 1 aliphatic heterocycles. The van der Waals surface area contributed by atoms with Crippen molar-refractivity contribution in [2.75, 3.05) is 32.1 Å². The van der Waals surface area contributed by atoms with E-state index in [9.17, 15) is 18.0 Å². The molecule has 0 unspecified atom stereocenters. The Bertz CT molecular complexity index is 1500. The fourth-order valence-corrected chi connectivity index (χ4v) is 7.55. The van der Waals surface area contributed by atoms with Gasteiger partial charge in [0.2, 0.25) is 10.0 Å². The van der Waals surface area contributed by atoms with Gasteiger partial charge in [-0.2, -0.15) is 0 Å². The van der Waals surface area contributed by atoms with Crippen molar-refractivity contribution in [3.05, 3.63) is 70.6 Å². The fourth-order valence-electron chi connectivity index (χ4n) is 4.82. The van der Waals surface area contributed by atoms with E-state index in [1.165, 1.54) is 18.4 Å². The van der Waals surface area contributed by atoms with Gasteiger partial charge in [-0.15, -0.1) is 11.3 Å². The van der Waals surface area contributed by atoms with Crippen LogP contribution in [-0.2, 0) is 30.0 Å². The lowest BCUT2D eigenvalue weighted by Gasteiger charge is -2.32. The molecule has 226 valence electrons. The normalized spacial score (nSPS) is 14.8. The minimum Gasteiger partial charge on any atom is -0.480 e. The summed E-state index contributed by atoms with van der Waals surface area (Å²) in [5, 5.41) is 3.55. The Labute approximate surface area is 251 Å². The van der Waals surface area contributed by atoms with Gasteiger partial charge in [0.05, 0.1) is 12.9 Å². The first-order valence-electron chi connectivity index (χ1n) is 13.8. The highest BCUT2D eigenvalue weighted by Crippen LogP contribution is 2.42. The molecular formula is C31H38N2O7S2. The zero-order chi connectivity index (χ0) is 30.5. The molecule has 1 fully saturated rings. The van der Waals surface area contributed by atoms with Crippen molar-refractivity contribution in [2.24, 2.45) is 0 Å². The first-order valence-corrected chi connectivity index (χ1v) is 16.2. The van der Waals surface area contributed by atoms with Gasteiger partial charge in [-0.1, -0.05) is 42.5 Å². The predicted molar refractivity (Wildman–Crippen MR) is 164 cm³/mol. The van der Waals surface area contributed by atoms with E-state index in [-0.39, 0.29) is 23.3 Å². The van der Waals surface area contributed by atoms with Crippen LogP contribution in [0.25, 0.3) is 10.4 Å². The summed E-state index contributed by atoms with van der Waals surface area (Å²) in [4.78, 5) is 25.9. The Balaban J connectivity index is 1.44. The second kappa shape index (κ2) is 13.3. The van der Waals surface area contributed by atoms with Crippen molar-refractivity contribution in [2.45, 2.75) is 57.9 Å². The van der Waals surface area contributed by atoms with Crippen LogP contribution in [0, 0.1) is 6.92 Å². The number of esters is 2. The van der Waals surface area contributed by atoms with Crippen molar-refractivity contribution in [1.82, 2.24) is 4.31 Å². The monoisotopic (exact) mass is 614 g/mol. The smallest absolute Gasteiger partial charge is 0.351 e. The Kier molecular flexibility index (Phi) is 9.96. The summed E-state index contributed by atoms with van der Waals surface area (Å²) in [7, 11) is -2.08. The molecular weight excluding hydrogens is 576 g/mol. The Morgan fingerprint density at radius 1 is 1.05 bits per heavy atom. The molecule has 2 heterocycles. The molecule has 0 aliphatic carbocycles. The highest BCUT2D eigenvalue weighted by atomic mass is 32.2. The van der Waals surface area contributed by atoms with Crippen LogP contribution in [0.2, 0.25) is 0 Å². The molecule has 1 N–H and O–H groups in total. The van der Waals surface area contributed by atoms with E-state index < -0.39 is 27.6 Å². The van der Waals surface area contributed by atoms with Crippen LogP contribution in [-0.4, -0.2) is 63.1 Å². The number of carbonyl (C=O) groups excluding carboxylic acids is 2. The summed E-state index contributed by atoms with van der Waals surface area (Å²) in [6, 6.07) is 17.2. The van der Waals surface area contributed by atoms with Gasteiger partial charge in [-0.05, 0) is 63.8 Å². The number of hydrogen-bond acceptors (Lipinski definition) is 9. The van der Waals surface area contributed by atoms with Crippen molar-refractivity contribution in [1.29, 1.82) is 0 Å². The lowest BCUT2D eigenvalue weighted by atomic mass is 10.0. The summed E-state index contributed by atoms with van der Waals surface area (Å²) in [5.74, 6) is -0.770. The van der Waals surface area contributed by atoms with Crippen molar-refractivity contribution in [3.63, 3.8) is 0 Å². The van der Waals surface area contributed by atoms with Crippen LogP contribution in [0.15, 0.2) is 54.6 Å². The van der Waals surface area contributed by atoms with Crippen LogP contribution in [0.5, 0.6) is 5.75 Å². The van der Waals surface area contributed by atoms with Gasteiger partial charge in [0.25, 0.3) is 0 Å². The molecule has 1 aromatic heterocycles. The zero-order valence-corrected chi connectivity index (χ0v) is 26.3. The molecule has 0 bridgehead atoms. The molecule has 2 aromatic carbocycles. The molecule has 3 aromatic rings. The third kappa shape index (κ3) is 8.11. The van der Waals surface area contributed by atoms with Crippen LogP contribution in [0.3, 0.4) is 0 Å². The molecule has 1 saturated heterocycles. The Hall–Kier alpha value is -3.41. The molecule has 0 spiro atoms. The number of hydrogen-bond donors (Lipinski definition) is 1. The minimum atomic E-state index is -3.38. The maximum Gasteiger partial charge on any atom is 0.351 e. The zero-order valence-electron chi connectivity index (χ0n) is 24.6. The lowest BCUT2D eigenvalue weighted by molar-refractivity contribution is -0.157. The highest BCUT2D eigenvalue weighted by Gasteiger charge is 2.29. The number of nitrogens with zero attached hydrogens (tertiary/aromatic N) is 1. The number of sulfonamides is 1. The molecule has 0 radical (unpaired) electrons. The number of carbonyl (C=O) groups is 2. The number of anilines is 1. The Morgan fingerprint density at radius 3 is 2.38 bits per heavy atom. The number of rotatable bonds is 10. The standard InChI is InChI=1S/C31H38N2O7S2/c1-21-27(39-19-26(34)40-31(2,3)4)29(30(35)38-5)41-28(21)23-12-9-13-25(18-23)32-24-14-16-33(17-15-24)42(36,37)20-22-10-7-6-8-11-22/h6-13,18,24,32H,14-17,19-20H2,1-5H3. The second-order valence-electron chi connectivity index (χ2n) is 11.2. The van der Waals surface area contributed by atoms with Gasteiger partial charge in [0.1, 0.15) is 11.4 Å². The van der Waals surface area contributed by atoms with E-state index in [0.29, 0.717) is 31.7 Å². The first kappa shape index (κ1) is 31.5. The molecule has 11 heteroatoms. The van der Waals surface area contributed by atoms with Crippen LogP contribution in [0.1, 0.15) is 54.4 Å². The van der Waals surface area contributed by atoms with E-state index in [0.717, 1.165) is 27.3 Å². The topological polar surface area (TPSA) is 111 Å². The summed E-state index contributed by atoms with van der Waals surface area (Å²) in [5.41, 5.74) is 2.62. The molecule has 4 rings (SSSR count). The quantitative estimate of drug-likeness (QED) is 0.292. The van der Waals surface area contributed by atoms with Gasteiger partial charge in [0.15, 0.2) is 11.5 Å². The summed E-state index contributed by atoms with van der Waals surface area (Å²) in [6.07, 6.45) is 1.37. The van der Waals surface area contributed by atoms with Gasteiger partial charge in [-0.25, -0.2) is 22.3 Å². The van der Waals surface area contributed by atoms with E-state index >= 15 is 0 Å². The number of ether oxygens (including phenoxy) is 3. The van der Waals surface area contributed by atoms with Crippen LogP contribution >= 0.6 is 11.3 Å². The third-order valence-corrected chi connectivity index (χ3v) is 9.90. The summed E-state index contributed by atoms with van der Waals surface area (Å²) < 4.78 is 43.6. The molecule has 0 saturated carbocycles. The van der Waals surface area contributed by atoms with Crippen molar-refractivity contribution in [3.8, 4) is 16.2 Å². The highest BCUT2D eigenvalue weighted by molar-refractivity contribution is 7.88. The largest absolute Gasteiger partial charge is 0.480 e. The van der Waals surface area contributed by atoms with Crippen molar-refractivity contribution >= 4 is 39.0 Å². The SMILES string of the molecule is COC(=O)c1sc(-c2cccc(NC3CCN(S(=O)(=O)Cc4ccccc4)CC3)c2)c(C)c1OCC(=O)OC(C)(C)C. The number of benzene rings is 2. The summed E-state index contributed by atoms with van der Waals surface area (Å²) >= 11 is 1.24. The van der Waals surface area contributed by atoms with E-state index in [2.05, 4.69) is 5.32 Å². The maximum absolute atomic E-state index is 12.9. The van der Waals surface area contributed by atoms with Crippen LogP contribution < -0.4 is 10.1 Å². The van der Waals surface area contributed by atoms with E-state index in [4.69, 9.17) is 14.2 Å². The van der Waals surface area contributed by atoms with Crippen LogP contribution in [0.4, 0.5) is 5.69 Å². The van der Waals surface area contributed by atoms with Crippen molar-refractivity contribution < 1.29 is 32.2 Å². The van der Waals surface area contributed by atoms with Gasteiger partial charge in [0, 0.05) is 35.3 Å². The second-order valence-corrected chi connectivity index (χ2v) is 14.2. The van der Waals surface area contributed by atoms with E-state index in [1.54, 1.807) is 25.1 Å².